The van der Waals surface area contributed by atoms with Crippen LogP contribution in [-0.4, -0.2) is 76.6 Å². The maximum absolute atomic E-state index is 14.6. The molecule has 5 atom stereocenters. The first-order valence-corrected chi connectivity index (χ1v) is 14.9. The molecular formula is C35H37N3O5. The molecule has 1 spiro atoms. The number of likely N-dealkylation sites (tertiary alicyclic amines) is 1. The van der Waals surface area contributed by atoms with Gasteiger partial charge in [-0.15, -0.1) is 13.2 Å². The molecule has 3 heterocycles. The minimum atomic E-state index is -1.16. The number of amides is 3. The highest BCUT2D eigenvalue weighted by molar-refractivity contribution is 6.05. The first kappa shape index (κ1) is 28.8. The van der Waals surface area contributed by atoms with Gasteiger partial charge in [-0.25, -0.2) is 0 Å². The van der Waals surface area contributed by atoms with E-state index < -0.39 is 29.6 Å². The third kappa shape index (κ3) is 4.84. The van der Waals surface area contributed by atoms with E-state index in [4.69, 9.17) is 4.74 Å². The lowest BCUT2D eigenvalue weighted by Gasteiger charge is -2.37. The molecule has 3 fully saturated rings. The van der Waals surface area contributed by atoms with Gasteiger partial charge in [-0.05, 0) is 41.3 Å². The van der Waals surface area contributed by atoms with E-state index in [0.717, 1.165) is 16.3 Å². The largest absolute Gasteiger partial charge is 0.395 e. The second kappa shape index (κ2) is 11.8. The summed E-state index contributed by atoms with van der Waals surface area (Å²) in [7, 11) is 0. The smallest absolute Gasteiger partial charge is 0.253 e. The Balaban J connectivity index is 1.36. The van der Waals surface area contributed by atoms with Crippen LogP contribution < -0.4 is 4.90 Å². The lowest BCUT2D eigenvalue weighted by molar-refractivity contribution is -0.145. The summed E-state index contributed by atoms with van der Waals surface area (Å²) in [5, 5.41) is 12.0. The Kier molecular flexibility index (Phi) is 7.90. The number of aliphatic hydroxyl groups is 1. The molecule has 0 aliphatic carbocycles. The lowest BCUT2D eigenvalue weighted by Crippen LogP contribution is -2.57. The third-order valence-electron chi connectivity index (χ3n) is 9.16. The molecule has 0 saturated carbocycles. The van der Waals surface area contributed by atoms with E-state index in [1.165, 1.54) is 4.90 Å². The number of carbonyl (C=O) groups excluding carboxylic acids is 3. The zero-order valence-electron chi connectivity index (χ0n) is 24.2. The van der Waals surface area contributed by atoms with E-state index in [1.54, 1.807) is 22.0 Å². The molecule has 6 rings (SSSR count). The molecule has 3 aromatic rings. The minimum Gasteiger partial charge on any atom is -0.395 e. The number of ether oxygens (including phenoxy) is 1. The number of aliphatic hydroxyl groups excluding tert-OH is 1. The molecule has 3 amide bonds. The van der Waals surface area contributed by atoms with Gasteiger partial charge in [0.2, 0.25) is 11.8 Å². The molecule has 3 aliphatic rings. The highest BCUT2D eigenvalue weighted by Gasteiger charge is 2.74. The van der Waals surface area contributed by atoms with Crippen molar-refractivity contribution >= 4 is 34.2 Å². The average molecular weight is 580 g/mol. The van der Waals surface area contributed by atoms with Crippen molar-refractivity contribution in [2.75, 3.05) is 31.1 Å². The van der Waals surface area contributed by atoms with Crippen molar-refractivity contribution in [3.63, 3.8) is 0 Å². The van der Waals surface area contributed by atoms with Gasteiger partial charge in [-0.3, -0.25) is 14.4 Å². The summed E-state index contributed by atoms with van der Waals surface area (Å²) in [5.41, 5.74) is 0.497. The summed E-state index contributed by atoms with van der Waals surface area (Å²) in [6.45, 7) is 8.32. The van der Waals surface area contributed by atoms with Crippen LogP contribution in [0.2, 0.25) is 0 Å². The molecule has 8 nitrogen and oxygen atoms in total. The number of hydrogen-bond donors (Lipinski definition) is 1. The number of nitrogens with zero attached hydrogens (tertiary/aromatic N) is 3. The molecule has 2 unspecified atom stereocenters. The fourth-order valence-corrected chi connectivity index (χ4v) is 7.41. The highest BCUT2D eigenvalue weighted by atomic mass is 16.5. The molecule has 1 N–H and O–H groups in total. The summed E-state index contributed by atoms with van der Waals surface area (Å²) >= 11 is 0. The van der Waals surface area contributed by atoms with E-state index in [9.17, 15) is 19.5 Å². The summed E-state index contributed by atoms with van der Waals surface area (Å²) < 4.78 is 6.62. The Labute approximate surface area is 251 Å². The van der Waals surface area contributed by atoms with Crippen molar-refractivity contribution in [2.24, 2.45) is 11.8 Å². The van der Waals surface area contributed by atoms with Gasteiger partial charge in [0.1, 0.15) is 11.6 Å². The zero-order valence-corrected chi connectivity index (χ0v) is 24.2. The van der Waals surface area contributed by atoms with E-state index in [-0.39, 0.29) is 37.4 Å². The maximum Gasteiger partial charge on any atom is 0.253 e. The van der Waals surface area contributed by atoms with Gasteiger partial charge >= 0.3 is 0 Å². The molecule has 3 aromatic carbocycles. The first-order chi connectivity index (χ1) is 20.9. The number of benzene rings is 3. The fourth-order valence-electron chi connectivity index (χ4n) is 7.41. The Morgan fingerprint density at radius 1 is 0.977 bits per heavy atom. The van der Waals surface area contributed by atoms with Crippen LogP contribution in [0.5, 0.6) is 0 Å². The van der Waals surface area contributed by atoms with Gasteiger partial charge in [0.25, 0.3) is 5.91 Å². The van der Waals surface area contributed by atoms with E-state index in [0.29, 0.717) is 31.6 Å². The van der Waals surface area contributed by atoms with Crippen LogP contribution in [0.3, 0.4) is 0 Å². The molecule has 2 bridgehead atoms. The summed E-state index contributed by atoms with van der Waals surface area (Å²) in [5.74, 6) is -2.34. The normalized spacial score (nSPS) is 25.5. The Morgan fingerprint density at radius 2 is 1.70 bits per heavy atom. The average Bonchev–Trinajstić information content (AvgIpc) is 3.67. The van der Waals surface area contributed by atoms with E-state index >= 15 is 0 Å². The second-order valence-electron chi connectivity index (χ2n) is 11.6. The van der Waals surface area contributed by atoms with Gasteiger partial charge in [-0.1, -0.05) is 72.8 Å². The van der Waals surface area contributed by atoms with Crippen LogP contribution in [0.15, 0.2) is 98.1 Å². The van der Waals surface area contributed by atoms with Crippen molar-refractivity contribution in [2.45, 2.75) is 37.1 Å². The van der Waals surface area contributed by atoms with Gasteiger partial charge in [0.15, 0.2) is 0 Å². The Bertz CT molecular complexity index is 1560. The topological polar surface area (TPSA) is 90.4 Å². The first-order valence-electron chi connectivity index (χ1n) is 14.9. The van der Waals surface area contributed by atoms with Crippen molar-refractivity contribution in [1.29, 1.82) is 0 Å². The standard InChI is InChI=1S/C35H37N3O5/c1-3-18-36(23-24-10-6-5-7-11-24)32(40)29-28-16-17-35(43-28)30(29)33(41)38(20-21-39)31(35)34(42)37(19-4-2)27-15-14-25-12-8-9-13-26(25)22-27/h3-15,22,28-31,39H,1-2,16-21,23H2/t28-,29+,30+,31?,35?/m1/s1. The Morgan fingerprint density at radius 3 is 2.42 bits per heavy atom. The van der Waals surface area contributed by atoms with Crippen LogP contribution in [0, 0.1) is 11.8 Å². The summed E-state index contributed by atoms with van der Waals surface area (Å²) in [4.78, 5) is 47.8. The number of hydrogen-bond acceptors (Lipinski definition) is 5. The predicted octanol–water partition coefficient (Wildman–Crippen LogP) is 3.94. The van der Waals surface area contributed by atoms with Gasteiger partial charge < -0.3 is 24.5 Å². The number of anilines is 1. The van der Waals surface area contributed by atoms with Gasteiger partial charge in [0, 0.05) is 31.9 Å². The minimum absolute atomic E-state index is 0.0253. The second-order valence-corrected chi connectivity index (χ2v) is 11.6. The van der Waals surface area contributed by atoms with Crippen molar-refractivity contribution in [3.05, 3.63) is 104 Å². The highest BCUT2D eigenvalue weighted by Crippen LogP contribution is 2.59. The molecule has 3 saturated heterocycles. The fraction of sp³-hybridized carbons (Fsp3) is 0.343. The van der Waals surface area contributed by atoms with Gasteiger partial charge in [-0.2, -0.15) is 0 Å². The van der Waals surface area contributed by atoms with Crippen LogP contribution >= 0.6 is 0 Å². The van der Waals surface area contributed by atoms with Crippen molar-refractivity contribution in [1.82, 2.24) is 9.80 Å². The number of rotatable bonds is 11. The quantitative estimate of drug-likeness (QED) is 0.348. The molecule has 43 heavy (non-hydrogen) atoms. The maximum atomic E-state index is 14.6. The van der Waals surface area contributed by atoms with Crippen LogP contribution in [0.4, 0.5) is 5.69 Å². The molecule has 0 aromatic heterocycles. The van der Waals surface area contributed by atoms with Crippen LogP contribution in [0.25, 0.3) is 10.8 Å². The van der Waals surface area contributed by atoms with Crippen LogP contribution in [-0.2, 0) is 25.7 Å². The van der Waals surface area contributed by atoms with Crippen molar-refractivity contribution < 1.29 is 24.2 Å². The number of β-amino-alcohol motifs (C(OH)–C–C–N with tert-alkyl or cyclic N) is 1. The van der Waals surface area contributed by atoms with E-state index in [2.05, 4.69) is 13.2 Å². The summed E-state index contributed by atoms with van der Waals surface area (Å²) in [6.07, 6.45) is 3.93. The number of carbonyl (C=O) groups is 3. The molecule has 8 heteroatoms. The number of fused-ring (bicyclic) bond motifs is 2. The lowest BCUT2D eigenvalue weighted by atomic mass is 9.70. The molecular weight excluding hydrogens is 542 g/mol. The zero-order chi connectivity index (χ0) is 30.1. The molecule has 3 aliphatic heterocycles. The molecule has 222 valence electrons. The SMILES string of the molecule is C=CCN(Cc1ccccc1)C(=O)[C@@H]1[C@H]2C(=O)N(CCO)C(C(=O)N(CC=C)c3ccc4ccccc4c3)C23CC[C@H]1O3. The Hall–Kier alpha value is -4.27. The van der Waals surface area contributed by atoms with E-state index in [1.807, 2.05) is 72.8 Å². The van der Waals surface area contributed by atoms with Crippen molar-refractivity contribution in [3.8, 4) is 0 Å². The molecule has 0 radical (unpaired) electrons. The monoisotopic (exact) mass is 579 g/mol. The summed E-state index contributed by atoms with van der Waals surface area (Å²) in [6, 6.07) is 22.4. The third-order valence-corrected chi connectivity index (χ3v) is 9.16. The van der Waals surface area contributed by atoms with Gasteiger partial charge in [0.05, 0.1) is 24.5 Å². The predicted molar refractivity (Wildman–Crippen MR) is 165 cm³/mol. The van der Waals surface area contributed by atoms with Crippen LogP contribution in [0.1, 0.15) is 18.4 Å².